The van der Waals surface area contributed by atoms with Gasteiger partial charge >= 0.3 is 0 Å². The highest BCUT2D eigenvalue weighted by Gasteiger charge is 2.10. The van der Waals surface area contributed by atoms with Gasteiger partial charge in [0.15, 0.2) is 0 Å². The van der Waals surface area contributed by atoms with Gasteiger partial charge in [-0.1, -0.05) is 18.2 Å². The van der Waals surface area contributed by atoms with Crippen molar-refractivity contribution in [2.75, 3.05) is 11.4 Å². The van der Waals surface area contributed by atoms with Crippen molar-refractivity contribution in [3.8, 4) is 0 Å². The molecule has 0 saturated carbocycles. The molecule has 0 amide bonds. The molecule has 3 nitrogen and oxygen atoms in total. The molecule has 0 aliphatic rings. The van der Waals surface area contributed by atoms with Crippen molar-refractivity contribution in [3.63, 3.8) is 0 Å². The van der Waals surface area contributed by atoms with Crippen LogP contribution in [0.3, 0.4) is 0 Å². The molecule has 2 rings (SSSR count). The Hall–Kier alpha value is -1.81. The lowest BCUT2D eigenvalue weighted by atomic mass is 10.1. The molecule has 3 N–H and O–H groups in total. The highest BCUT2D eigenvalue weighted by Crippen LogP contribution is 2.29. The van der Waals surface area contributed by atoms with Gasteiger partial charge in [-0.15, -0.1) is 0 Å². The number of nitrogens with two attached hydrogens (primary N) is 1. The first-order chi connectivity index (χ1) is 9.13. The van der Waals surface area contributed by atoms with Crippen molar-refractivity contribution in [1.82, 2.24) is 0 Å². The molecule has 19 heavy (non-hydrogen) atoms. The summed E-state index contributed by atoms with van der Waals surface area (Å²) in [6, 6.07) is 16.1. The van der Waals surface area contributed by atoms with E-state index in [1.54, 1.807) is 0 Å². The summed E-state index contributed by atoms with van der Waals surface area (Å²) < 4.78 is 0.840. The predicted octanol–water partition coefficient (Wildman–Crippen LogP) is 3.89. The molecule has 0 aliphatic carbocycles. The summed E-state index contributed by atoms with van der Waals surface area (Å²) in [7, 11) is 0. The SMILES string of the molecule is CCN(c1ccccc1)c1ccc(C(=N)N)c(Br)c1. The molecule has 0 heterocycles. The van der Waals surface area contributed by atoms with Crippen LogP contribution in [0, 0.1) is 5.41 Å². The quantitative estimate of drug-likeness (QED) is 0.664. The molecule has 0 unspecified atom stereocenters. The van der Waals surface area contributed by atoms with Gasteiger partial charge in [-0.2, -0.15) is 0 Å². The number of hydrogen-bond acceptors (Lipinski definition) is 2. The van der Waals surface area contributed by atoms with Gasteiger partial charge in [0.1, 0.15) is 5.84 Å². The van der Waals surface area contributed by atoms with Gasteiger partial charge in [0.2, 0.25) is 0 Å². The highest BCUT2D eigenvalue weighted by atomic mass is 79.9. The maximum absolute atomic E-state index is 7.50. The van der Waals surface area contributed by atoms with Gasteiger partial charge in [-0.3, -0.25) is 5.41 Å². The number of amidine groups is 1. The number of hydrogen-bond donors (Lipinski definition) is 2. The molecule has 0 radical (unpaired) electrons. The molecular formula is C15H16BrN3. The lowest BCUT2D eigenvalue weighted by molar-refractivity contribution is 1.02. The first-order valence-corrected chi connectivity index (χ1v) is 6.89. The van der Waals surface area contributed by atoms with Crippen molar-refractivity contribution >= 4 is 33.1 Å². The summed E-state index contributed by atoms with van der Waals surface area (Å²) in [5.74, 6) is 0.0705. The molecule has 2 aromatic rings. The van der Waals surface area contributed by atoms with Gasteiger partial charge in [0.05, 0.1) is 0 Å². The Morgan fingerprint density at radius 2 is 1.84 bits per heavy atom. The lowest BCUT2D eigenvalue weighted by Crippen LogP contribution is -2.17. The third-order valence-corrected chi connectivity index (χ3v) is 3.59. The van der Waals surface area contributed by atoms with Crippen LogP contribution in [0.15, 0.2) is 53.0 Å². The van der Waals surface area contributed by atoms with Crippen molar-refractivity contribution in [2.45, 2.75) is 6.92 Å². The van der Waals surface area contributed by atoms with E-state index < -0.39 is 0 Å². The Bertz CT molecular complexity index is 581. The van der Waals surface area contributed by atoms with Crippen LogP contribution in [0.5, 0.6) is 0 Å². The van der Waals surface area contributed by atoms with Crippen molar-refractivity contribution in [3.05, 3.63) is 58.6 Å². The van der Waals surface area contributed by atoms with E-state index in [0.29, 0.717) is 5.56 Å². The second-order valence-electron chi connectivity index (χ2n) is 4.16. The Balaban J connectivity index is 2.40. The van der Waals surface area contributed by atoms with Crippen LogP contribution in [0.2, 0.25) is 0 Å². The fourth-order valence-electron chi connectivity index (χ4n) is 2.01. The fraction of sp³-hybridized carbons (Fsp3) is 0.133. The van der Waals surface area contributed by atoms with Crippen LogP contribution in [0.4, 0.5) is 11.4 Å². The molecule has 0 aromatic heterocycles. The molecule has 0 fully saturated rings. The summed E-state index contributed by atoms with van der Waals surface area (Å²) in [6.07, 6.45) is 0. The van der Waals surface area contributed by atoms with E-state index in [0.717, 1.165) is 22.4 Å². The molecular weight excluding hydrogens is 302 g/mol. The number of nitrogens with one attached hydrogen (secondary N) is 1. The van der Waals surface area contributed by atoms with Gasteiger partial charge in [-0.25, -0.2) is 0 Å². The van der Waals surface area contributed by atoms with Crippen LogP contribution in [-0.2, 0) is 0 Å². The maximum atomic E-state index is 7.50. The minimum atomic E-state index is 0.0705. The molecule has 98 valence electrons. The topological polar surface area (TPSA) is 53.1 Å². The van der Waals surface area contributed by atoms with E-state index in [1.807, 2.05) is 36.4 Å². The van der Waals surface area contributed by atoms with Gasteiger partial charge in [0, 0.05) is 28.0 Å². The highest BCUT2D eigenvalue weighted by molar-refractivity contribution is 9.10. The van der Waals surface area contributed by atoms with Crippen LogP contribution in [0.25, 0.3) is 0 Å². The van der Waals surface area contributed by atoms with E-state index in [1.165, 1.54) is 0 Å². The number of nitrogen functional groups attached to an aromatic ring is 1. The Morgan fingerprint density at radius 3 is 2.37 bits per heavy atom. The summed E-state index contributed by atoms with van der Waals surface area (Å²) in [6.45, 7) is 2.98. The number of nitrogens with zero attached hydrogens (tertiary/aromatic N) is 1. The van der Waals surface area contributed by atoms with E-state index in [2.05, 4.69) is 39.9 Å². The Kier molecular flexibility index (Phi) is 4.22. The van der Waals surface area contributed by atoms with Crippen LogP contribution in [-0.4, -0.2) is 12.4 Å². The standard InChI is InChI=1S/C15H16BrN3/c1-2-19(11-6-4-3-5-7-11)12-8-9-13(15(17)18)14(16)10-12/h3-10H,2H2,1H3,(H3,17,18). The zero-order chi connectivity index (χ0) is 13.8. The first-order valence-electron chi connectivity index (χ1n) is 6.10. The summed E-state index contributed by atoms with van der Waals surface area (Å²) in [5.41, 5.74) is 8.46. The second-order valence-corrected chi connectivity index (χ2v) is 5.01. The predicted molar refractivity (Wildman–Crippen MR) is 84.3 cm³/mol. The third-order valence-electron chi connectivity index (χ3n) is 2.94. The van der Waals surface area contributed by atoms with E-state index in [-0.39, 0.29) is 5.84 Å². The number of rotatable bonds is 4. The number of benzene rings is 2. The van der Waals surface area contributed by atoms with Gasteiger partial charge in [0.25, 0.3) is 0 Å². The minimum absolute atomic E-state index is 0.0705. The fourth-order valence-corrected chi connectivity index (χ4v) is 2.59. The largest absolute Gasteiger partial charge is 0.384 e. The van der Waals surface area contributed by atoms with Crippen molar-refractivity contribution in [1.29, 1.82) is 5.41 Å². The molecule has 0 bridgehead atoms. The summed E-state index contributed by atoms with van der Waals surface area (Å²) >= 11 is 3.47. The van der Waals surface area contributed by atoms with Crippen LogP contribution in [0.1, 0.15) is 12.5 Å². The molecule has 4 heteroatoms. The molecule has 0 atom stereocenters. The number of halogens is 1. The Morgan fingerprint density at radius 1 is 1.16 bits per heavy atom. The maximum Gasteiger partial charge on any atom is 0.123 e. The normalized spacial score (nSPS) is 10.2. The zero-order valence-corrected chi connectivity index (χ0v) is 12.3. The first kappa shape index (κ1) is 13.6. The van der Waals surface area contributed by atoms with Crippen molar-refractivity contribution < 1.29 is 0 Å². The minimum Gasteiger partial charge on any atom is -0.384 e. The van der Waals surface area contributed by atoms with Crippen LogP contribution < -0.4 is 10.6 Å². The van der Waals surface area contributed by atoms with E-state index in [9.17, 15) is 0 Å². The zero-order valence-electron chi connectivity index (χ0n) is 10.7. The summed E-state index contributed by atoms with van der Waals surface area (Å²) in [4.78, 5) is 2.20. The smallest absolute Gasteiger partial charge is 0.123 e. The second kappa shape index (κ2) is 5.89. The summed E-state index contributed by atoms with van der Waals surface area (Å²) in [5, 5.41) is 7.50. The number of para-hydroxylation sites is 1. The molecule has 2 aromatic carbocycles. The third kappa shape index (κ3) is 2.96. The van der Waals surface area contributed by atoms with Crippen LogP contribution >= 0.6 is 15.9 Å². The monoisotopic (exact) mass is 317 g/mol. The molecule has 0 aliphatic heterocycles. The van der Waals surface area contributed by atoms with Gasteiger partial charge in [-0.05, 0) is 53.2 Å². The molecule has 0 saturated heterocycles. The lowest BCUT2D eigenvalue weighted by Gasteiger charge is -2.24. The molecule has 0 spiro atoms. The van der Waals surface area contributed by atoms with Gasteiger partial charge < -0.3 is 10.6 Å². The Labute approximate surface area is 121 Å². The number of anilines is 2. The van der Waals surface area contributed by atoms with E-state index in [4.69, 9.17) is 11.1 Å². The van der Waals surface area contributed by atoms with E-state index >= 15 is 0 Å². The average molecular weight is 318 g/mol. The van der Waals surface area contributed by atoms with Crippen molar-refractivity contribution in [2.24, 2.45) is 5.73 Å². The average Bonchev–Trinajstić information content (AvgIpc) is 2.40.